The molecule has 37 heavy (non-hydrogen) atoms. The molecule has 2 saturated heterocycles. The van der Waals surface area contributed by atoms with Crippen LogP contribution in [0.25, 0.3) is 0 Å². The summed E-state index contributed by atoms with van der Waals surface area (Å²) in [7, 11) is 0. The van der Waals surface area contributed by atoms with Crippen molar-refractivity contribution in [3.8, 4) is 5.75 Å². The number of amides is 2. The normalized spacial score (nSPS) is 23.0. The maximum atomic E-state index is 13.4. The molecule has 3 heterocycles. The number of nitrogens with zero attached hydrogens (tertiary/aromatic N) is 3. The number of carbonyl (C=O) groups is 3. The van der Waals surface area contributed by atoms with Crippen molar-refractivity contribution in [1.29, 1.82) is 0 Å². The van der Waals surface area contributed by atoms with Crippen molar-refractivity contribution in [2.75, 3.05) is 26.2 Å². The molecule has 5 rings (SSSR count). The Kier molecular flexibility index (Phi) is 6.75. The number of primary amides is 1. The largest absolute Gasteiger partial charge is 0.426 e. The molecule has 3 fully saturated rings. The highest BCUT2D eigenvalue weighted by Crippen LogP contribution is 2.54. The SMILES string of the molecule is Cc1ccc(OC(=O)C2(C(CC(N)=O)N3CC4CN(C(=O)c5c(C)ccnc5C)CC4C3)CC2)cc1Cl. The van der Waals surface area contributed by atoms with Gasteiger partial charge in [0.25, 0.3) is 5.91 Å². The first-order valence-electron chi connectivity index (χ1n) is 12.8. The van der Waals surface area contributed by atoms with E-state index in [2.05, 4.69) is 9.88 Å². The second kappa shape index (κ2) is 9.72. The molecule has 1 aliphatic carbocycles. The molecule has 9 heteroatoms. The van der Waals surface area contributed by atoms with Gasteiger partial charge in [0.1, 0.15) is 5.75 Å². The third kappa shape index (κ3) is 4.84. The highest BCUT2D eigenvalue weighted by atomic mass is 35.5. The van der Waals surface area contributed by atoms with Crippen LogP contribution in [-0.2, 0) is 9.59 Å². The van der Waals surface area contributed by atoms with Crippen LogP contribution in [0.1, 0.15) is 46.4 Å². The summed E-state index contributed by atoms with van der Waals surface area (Å²) in [6.07, 6.45) is 3.13. The molecule has 3 atom stereocenters. The van der Waals surface area contributed by atoms with Crippen LogP contribution in [-0.4, -0.2) is 64.8 Å². The van der Waals surface area contributed by atoms with E-state index in [4.69, 9.17) is 22.1 Å². The fraction of sp³-hybridized carbons (Fsp3) is 0.500. The van der Waals surface area contributed by atoms with E-state index in [0.29, 0.717) is 55.4 Å². The van der Waals surface area contributed by atoms with Crippen molar-refractivity contribution < 1.29 is 19.1 Å². The fourth-order valence-corrected chi connectivity index (χ4v) is 6.31. The van der Waals surface area contributed by atoms with Gasteiger partial charge in [0.2, 0.25) is 5.91 Å². The molecule has 2 N–H and O–H groups in total. The zero-order chi connectivity index (χ0) is 26.5. The van der Waals surface area contributed by atoms with E-state index in [1.54, 1.807) is 18.3 Å². The highest BCUT2D eigenvalue weighted by molar-refractivity contribution is 6.31. The number of benzene rings is 1. The van der Waals surface area contributed by atoms with Crippen LogP contribution in [0.15, 0.2) is 30.5 Å². The standard InChI is InChI=1S/C28H33ClN4O4/c1-16-4-5-21(10-22(16)29)37-27(36)28(7-8-28)23(11-24(30)34)32-12-19-14-33(15-20(19)13-32)26(35)25-17(2)6-9-31-18(25)3/h4-6,9-10,19-20,23H,7-8,11-15H2,1-3H3,(H2,30,34). The van der Waals surface area contributed by atoms with Crippen LogP contribution in [0.4, 0.5) is 0 Å². The number of likely N-dealkylation sites (tertiary alicyclic amines) is 2. The predicted octanol–water partition coefficient (Wildman–Crippen LogP) is 3.29. The van der Waals surface area contributed by atoms with Crippen molar-refractivity contribution >= 4 is 29.4 Å². The van der Waals surface area contributed by atoms with Crippen LogP contribution in [0, 0.1) is 38.0 Å². The van der Waals surface area contributed by atoms with Crippen LogP contribution in [0.3, 0.4) is 0 Å². The van der Waals surface area contributed by atoms with Crippen molar-refractivity contribution in [2.24, 2.45) is 23.0 Å². The Balaban J connectivity index is 1.29. The van der Waals surface area contributed by atoms with Crippen LogP contribution >= 0.6 is 11.6 Å². The summed E-state index contributed by atoms with van der Waals surface area (Å²) in [5.74, 6) is 0.211. The Morgan fingerprint density at radius 2 is 1.76 bits per heavy atom. The number of fused-ring (bicyclic) bond motifs is 1. The first-order chi connectivity index (χ1) is 17.6. The Hall–Kier alpha value is -2.97. The molecular formula is C28H33ClN4O4. The zero-order valence-corrected chi connectivity index (χ0v) is 22.3. The van der Waals surface area contributed by atoms with Gasteiger partial charge in [-0.15, -0.1) is 0 Å². The van der Waals surface area contributed by atoms with Crippen molar-refractivity contribution in [2.45, 2.75) is 46.1 Å². The number of hydrogen-bond donors (Lipinski definition) is 1. The Labute approximate surface area is 222 Å². The van der Waals surface area contributed by atoms with E-state index in [-0.39, 0.29) is 36.2 Å². The van der Waals surface area contributed by atoms with Crippen LogP contribution < -0.4 is 10.5 Å². The molecule has 0 radical (unpaired) electrons. The Morgan fingerprint density at radius 1 is 1.08 bits per heavy atom. The third-order valence-corrected chi connectivity index (χ3v) is 8.79. The first-order valence-corrected chi connectivity index (χ1v) is 13.2. The molecule has 1 aromatic heterocycles. The second-order valence-electron chi connectivity index (χ2n) is 10.9. The van der Waals surface area contributed by atoms with Crippen LogP contribution in [0.5, 0.6) is 5.75 Å². The highest BCUT2D eigenvalue weighted by Gasteiger charge is 2.60. The molecule has 196 valence electrons. The van der Waals surface area contributed by atoms with Crippen LogP contribution in [0.2, 0.25) is 5.02 Å². The van der Waals surface area contributed by atoms with E-state index in [0.717, 1.165) is 16.8 Å². The van der Waals surface area contributed by atoms with Gasteiger partial charge in [0, 0.05) is 49.9 Å². The molecule has 0 spiro atoms. The lowest BCUT2D eigenvalue weighted by atomic mass is 9.91. The fourth-order valence-electron chi connectivity index (χ4n) is 6.14. The van der Waals surface area contributed by atoms with Crippen molar-refractivity contribution in [3.05, 3.63) is 57.9 Å². The van der Waals surface area contributed by atoms with Gasteiger partial charge in [0.15, 0.2) is 0 Å². The molecule has 1 saturated carbocycles. The summed E-state index contributed by atoms with van der Waals surface area (Å²) in [6.45, 7) is 8.41. The topological polar surface area (TPSA) is 106 Å². The van der Waals surface area contributed by atoms with Gasteiger partial charge in [-0.2, -0.15) is 0 Å². The summed E-state index contributed by atoms with van der Waals surface area (Å²) >= 11 is 6.21. The molecule has 1 aromatic carbocycles. The molecule has 2 aromatic rings. The van der Waals surface area contributed by atoms with E-state index in [9.17, 15) is 14.4 Å². The summed E-state index contributed by atoms with van der Waals surface area (Å²) in [5.41, 5.74) is 8.15. The minimum atomic E-state index is -0.759. The zero-order valence-electron chi connectivity index (χ0n) is 21.5. The molecule has 8 nitrogen and oxygen atoms in total. The number of ether oxygens (including phenoxy) is 1. The predicted molar refractivity (Wildman–Crippen MR) is 139 cm³/mol. The third-order valence-electron chi connectivity index (χ3n) is 8.39. The lowest BCUT2D eigenvalue weighted by Crippen LogP contribution is -2.48. The molecule has 3 aliphatic rings. The monoisotopic (exact) mass is 524 g/mol. The van der Waals surface area contributed by atoms with Gasteiger partial charge >= 0.3 is 5.97 Å². The number of nitrogens with two attached hydrogens (primary N) is 1. The number of halogens is 1. The number of hydrogen-bond acceptors (Lipinski definition) is 6. The van der Waals surface area contributed by atoms with E-state index >= 15 is 0 Å². The van der Waals surface area contributed by atoms with Gasteiger partial charge in [-0.1, -0.05) is 17.7 Å². The first kappa shape index (κ1) is 25.7. The number of carbonyl (C=O) groups excluding carboxylic acids is 3. The Morgan fingerprint density at radius 3 is 2.32 bits per heavy atom. The van der Waals surface area contributed by atoms with Gasteiger partial charge in [0.05, 0.1) is 16.7 Å². The summed E-state index contributed by atoms with van der Waals surface area (Å²) in [4.78, 5) is 47.2. The van der Waals surface area contributed by atoms with Gasteiger partial charge in [-0.25, -0.2) is 0 Å². The molecule has 2 amide bonds. The maximum absolute atomic E-state index is 13.4. The maximum Gasteiger partial charge on any atom is 0.319 e. The molecular weight excluding hydrogens is 492 g/mol. The van der Waals surface area contributed by atoms with Gasteiger partial charge < -0.3 is 15.4 Å². The molecule has 3 unspecified atom stereocenters. The Bertz CT molecular complexity index is 1230. The number of rotatable bonds is 7. The van der Waals surface area contributed by atoms with E-state index in [1.165, 1.54) is 0 Å². The number of esters is 1. The van der Waals surface area contributed by atoms with E-state index < -0.39 is 11.3 Å². The van der Waals surface area contributed by atoms with Crippen molar-refractivity contribution in [1.82, 2.24) is 14.8 Å². The average molecular weight is 525 g/mol. The molecule has 2 aliphatic heterocycles. The summed E-state index contributed by atoms with van der Waals surface area (Å²) in [6, 6.07) is 6.73. The number of pyridine rings is 1. The lowest BCUT2D eigenvalue weighted by Gasteiger charge is -2.34. The molecule has 0 bridgehead atoms. The average Bonchev–Trinajstić information content (AvgIpc) is 3.40. The summed E-state index contributed by atoms with van der Waals surface area (Å²) in [5, 5.41) is 0.534. The van der Waals surface area contributed by atoms with E-state index in [1.807, 2.05) is 37.8 Å². The summed E-state index contributed by atoms with van der Waals surface area (Å²) < 4.78 is 5.75. The number of aryl methyl sites for hydroxylation is 3. The minimum Gasteiger partial charge on any atom is -0.426 e. The van der Waals surface area contributed by atoms with Gasteiger partial charge in [-0.3, -0.25) is 24.3 Å². The van der Waals surface area contributed by atoms with Crippen molar-refractivity contribution in [3.63, 3.8) is 0 Å². The lowest BCUT2D eigenvalue weighted by molar-refractivity contribution is -0.144. The second-order valence-corrected chi connectivity index (χ2v) is 11.3. The number of aromatic nitrogens is 1. The van der Waals surface area contributed by atoms with Gasteiger partial charge in [-0.05, 0) is 74.8 Å². The quantitative estimate of drug-likeness (QED) is 0.440. The minimum absolute atomic E-state index is 0.0248. The smallest absolute Gasteiger partial charge is 0.319 e.